The molecule has 30 heavy (non-hydrogen) atoms. The molecule has 1 fully saturated rings. The zero-order valence-electron chi connectivity index (χ0n) is 17.6. The zero-order valence-corrected chi connectivity index (χ0v) is 19.1. The van der Waals surface area contributed by atoms with Crippen LogP contribution < -0.4 is 10.1 Å². The maximum Gasteiger partial charge on any atom is 0.337 e. The van der Waals surface area contributed by atoms with Crippen molar-refractivity contribution in [1.29, 1.82) is 0 Å². The fraction of sp³-hybridized carbons (Fsp3) is 0.500. The van der Waals surface area contributed by atoms with E-state index in [1.54, 1.807) is 7.11 Å². The maximum absolute atomic E-state index is 13.4. The average molecular weight is 474 g/mol. The van der Waals surface area contributed by atoms with Crippen LogP contribution in [0.1, 0.15) is 69.8 Å². The predicted molar refractivity (Wildman–Crippen MR) is 118 cm³/mol. The number of ether oxygens (including phenoxy) is 2. The van der Waals surface area contributed by atoms with Crippen LogP contribution in [0.15, 0.2) is 45.2 Å². The summed E-state index contributed by atoms with van der Waals surface area (Å²) in [4.78, 5) is 26.5. The lowest BCUT2D eigenvalue weighted by atomic mass is 9.75. The molecule has 3 aliphatic rings. The van der Waals surface area contributed by atoms with Gasteiger partial charge in [-0.25, -0.2) is 4.79 Å². The first-order valence-electron chi connectivity index (χ1n) is 10.8. The molecule has 0 radical (unpaired) electrons. The molecule has 1 aliphatic heterocycles. The molecule has 0 amide bonds. The molecule has 1 aromatic rings. The van der Waals surface area contributed by atoms with Crippen molar-refractivity contribution in [2.24, 2.45) is 0 Å². The van der Waals surface area contributed by atoms with Crippen LogP contribution in [0.3, 0.4) is 0 Å². The molecule has 1 atom stereocenters. The lowest BCUT2D eigenvalue weighted by Gasteiger charge is -2.35. The molecule has 1 heterocycles. The highest BCUT2D eigenvalue weighted by molar-refractivity contribution is 9.10. The van der Waals surface area contributed by atoms with Crippen LogP contribution in [0.4, 0.5) is 0 Å². The Labute approximate surface area is 186 Å². The van der Waals surface area contributed by atoms with Crippen LogP contribution in [0, 0.1) is 0 Å². The van der Waals surface area contributed by atoms with Crippen LogP contribution in [-0.2, 0) is 14.3 Å². The second-order valence-corrected chi connectivity index (χ2v) is 9.23. The van der Waals surface area contributed by atoms with Gasteiger partial charge in [0.2, 0.25) is 0 Å². The van der Waals surface area contributed by atoms with Gasteiger partial charge in [-0.3, -0.25) is 4.79 Å². The summed E-state index contributed by atoms with van der Waals surface area (Å²) in [6.45, 7) is 1.90. The van der Waals surface area contributed by atoms with E-state index < -0.39 is 5.92 Å². The van der Waals surface area contributed by atoms with Gasteiger partial charge in [-0.2, -0.15) is 0 Å². The second-order valence-electron chi connectivity index (χ2n) is 8.32. The first-order valence-corrected chi connectivity index (χ1v) is 11.6. The number of ketones is 1. The number of hydrogen-bond acceptors (Lipinski definition) is 5. The van der Waals surface area contributed by atoms with Crippen LogP contribution in [0.5, 0.6) is 5.75 Å². The molecule has 160 valence electrons. The Balaban J connectivity index is 1.80. The highest BCUT2D eigenvalue weighted by Crippen LogP contribution is 2.46. The Morgan fingerprint density at radius 3 is 2.63 bits per heavy atom. The van der Waals surface area contributed by atoms with Crippen LogP contribution >= 0.6 is 15.9 Å². The van der Waals surface area contributed by atoms with Gasteiger partial charge in [-0.05, 0) is 63.6 Å². The average Bonchev–Trinajstić information content (AvgIpc) is 2.73. The van der Waals surface area contributed by atoms with Gasteiger partial charge in [0, 0.05) is 33.4 Å². The molecule has 1 aromatic carbocycles. The normalized spacial score (nSPS) is 22.5. The van der Waals surface area contributed by atoms with Gasteiger partial charge >= 0.3 is 5.97 Å². The van der Waals surface area contributed by atoms with Gasteiger partial charge in [0.05, 0.1) is 18.6 Å². The minimum absolute atomic E-state index is 0.0472. The lowest BCUT2D eigenvalue weighted by molar-refractivity contribution is -0.146. The number of halogens is 1. The van der Waals surface area contributed by atoms with Crippen molar-refractivity contribution in [1.82, 2.24) is 5.32 Å². The number of hydrogen-bond donors (Lipinski definition) is 1. The van der Waals surface area contributed by atoms with E-state index in [4.69, 9.17) is 9.47 Å². The summed E-state index contributed by atoms with van der Waals surface area (Å²) in [5.41, 5.74) is 3.69. The molecule has 5 nitrogen and oxygen atoms in total. The van der Waals surface area contributed by atoms with E-state index in [1.165, 1.54) is 6.42 Å². The quantitative estimate of drug-likeness (QED) is 0.600. The van der Waals surface area contributed by atoms with Crippen molar-refractivity contribution in [2.75, 3.05) is 7.11 Å². The Bertz CT molecular complexity index is 927. The summed E-state index contributed by atoms with van der Waals surface area (Å²) < 4.78 is 12.5. The molecule has 0 unspecified atom stereocenters. The first-order chi connectivity index (χ1) is 14.5. The maximum atomic E-state index is 13.4. The third-order valence-electron chi connectivity index (χ3n) is 6.32. The minimum atomic E-state index is -0.488. The molecule has 0 saturated heterocycles. The van der Waals surface area contributed by atoms with Crippen molar-refractivity contribution >= 4 is 27.7 Å². The molecule has 2 aliphatic carbocycles. The Kier molecular flexibility index (Phi) is 6.32. The van der Waals surface area contributed by atoms with Gasteiger partial charge in [0.15, 0.2) is 5.78 Å². The van der Waals surface area contributed by atoms with Gasteiger partial charge < -0.3 is 14.8 Å². The minimum Gasteiger partial charge on any atom is -0.496 e. The molecule has 6 heteroatoms. The molecular weight excluding hydrogens is 446 g/mol. The second kappa shape index (κ2) is 8.96. The number of dihydropyridines is 1. The van der Waals surface area contributed by atoms with Crippen molar-refractivity contribution in [3.63, 3.8) is 0 Å². The van der Waals surface area contributed by atoms with E-state index in [0.717, 1.165) is 60.0 Å². The van der Waals surface area contributed by atoms with E-state index in [2.05, 4.69) is 21.2 Å². The van der Waals surface area contributed by atoms with Gasteiger partial charge in [0.25, 0.3) is 0 Å². The number of benzene rings is 1. The third kappa shape index (κ3) is 4.07. The number of carbonyl (C=O) groups is 2. The first kappa shape index (κ1) is 21.2. The predicted octanol–water partition coefficient (Wildman–Crippen LogP) is 5.30. The highest BCUT2D eigenvalue weighted by atomic mass is 79.9. The van der Waals surface area contributed by atoms with E-state index in [-0.39, 0.29) is 17.9 Å². The SMILES string of the molecule is COc1ccc(Br)cc1[C@@H]1C(C(=O)OC2CCCCC2)=C(C)NC2=C1C(=O)CCC2. The Morgan fingerprint density at radius 1 is 1.13 bits per heavy atom. The lowest BCUT2D eigenvalue weighted by Crippen LogP contribution is -2.35. The standard InChI is InChI=1S/C24H28BrNO4/c1-14-21(24(28)30-16-7-4-3-5-8-16)22(17-13-15(25)11-12-20(17)29-2)23-18(26-14)9-6-10-19(23)27/h11-13,16,22,26H,3-10H2,1-2H3/t22-/m1/s1. The van der Waals surface area contributed by atoms with E-state index in [0.29, 0.717) is 23.3 Å². The summed E-state index contributed by atoms with van der Waals surface area (Å²) >= 11 is 3.54. The smallest absolute Gasteiger partial charge is 0.337 e. The van der Waals surface area contributed by atoms with Crippen molar-refractivity contribution in [3.8, 4) is 5.75 Å². The third-order valence-corrected chi connectivity index (χ3v) is 6.82. The molecular formula is C24H28BrNO4. The monoisotopic (exact) mass is 473 g/mol. The van der Waals surface area contributed by atoms with Gasteiger partial charge in [-0.1, -0.05) is 22.4 Å². The van der Waals surface area contributed by atoms with Crippen molar-refractivity contribution < 1.29 is 19.1 Å². The zero-order chi connectivity index (χ0) is 21.3. The van der Waals surface area contributed by atoms with Gasteiger partial charge in [0.1, 0.15) is 11.9 Å². The summed E-state index contributed by atoms with van der Waals surface area (Å²) in [6, 6.07) is 5.72. The van der Waals surface area contributed by atoms with Crippen LogP contribution in [0.25, 0.3) is 0 Å². The van der Waals surface area contributed by atoms with Gasteiger partial charge in [-0.15, -0.1) is 0 Å². The molecule has 0 spiro atoms. The molecule has 4 rings (SSSR count). The van der Waals surface area contributed by atoms with Crippen molar-refractivity contribution in [2.45, 2.75) is 70.3 Å². The van der Waals surface area contributed by atoms with E-state index >= 15 is 0 Å². The number of Topliss-reactive ketones (excluding diaryl/α,β-unsaturated/α-hetero) is 1. The summed E-state index contributed by atoms with van der Waals surface area (Å²) in [5.74, 6) is -0.0706. The van der Waals surface area contributed by atoms with Crippen molar-refractivity contribution in [3.05, 3.63) is 50.8 Å². The largest absolute Gasteiger partial charge is 0.496 e. The van der Waals surface area contributed by atoms with E-state index in [1.807, 2.05) is 25.1 Å². The number of esters is 1. The van der Waals surface area contributed by atoms with E-state index in [9.17, 15) is 9.59 Å². The number of carbonyl (C=O) groups excluding carboxylic acids is 2. The number of methoxy groups -OCH3 is 1. The molecule has 0 aromatic heterocycles. The van der Waals surface area contributed by atoms with Crippen LogP contribution in [-0.4, -0.2) is 25.0 Å². The fourth-order valence-electron chi connectivity index (χ4n) is 4.89. The molecule has 1 N–H and O–H groups in total. The molecule has 1 saturated carbocycles. The fourth-order valence-corrected chi connectivity index (χ4v) is 5.27. The topological polar surface area (TPSA) is 64.6 Å². The number of nitrogens with one attached hydrogen (secondary N) is 1. The number of allylic oxidation sites excluding steroid dienone is 3. The van der Waals surface area contributed by atoms with Crippen LogP contribution in [0.2, 0.25) is 0 Å². The molecule has 0 bridgehead atoms. The number of rotatable bonds is 4. The highest BCUT2D eigenvalue weighted by Gasteiger charge is 2.41. The Morgan fingerprint density at radius 2 is 1.90 bits per heavy atom. The Hall–Kier alpha value is -2.08. The summed E-state index contributed by atoms with van der Waals surface area (Å²) in [6.07, 6.45) is 7.26. The summed E-state index contributed by atoms with van der Waals surface area (Å²) in [7, 11) is 1.61. The summed E-state index contributed by atoms with van der Waals surface area (Å²) in [5, 5.41) is 3.35.